The number of methoxy groups -OCH3 is 1. The molecule has 0 aliphatic carbocycles. The normalized spacial score (nSPS) is 12.2. The minimum absolute atomic E-state index is 0.164. The van der Waals surface area contributed by atoms with E-state index in [1.807, 2.05) is 0 Å². The van der Waals surface area contributed by atoms with Gasteiger partial charge in [0, 0.05) is 11.8 Å². The van der Waals surface area contributed by atoms with Gasteiger partial charge in [-0.1, -0.05) is 36.8 Å². The molecule has 0 radical (unpaired) electrons. The second-order valence-corrected chi connectivity index (χ2v) is 5.54. The summed E-state index contributed by atoms with van der Waals surface area (Å²) in [6, 6.07) is 8.85. The fourth-order valence-corrected chi connectivity index (χ4v) is 2.66. The number of ether oxygens (including phenoxy) is 1. The molecule has 4 heteroatoms. The number of thioether (sulfide) groups is 1. The maximum absolute atomic E-state index is 11.1. The molecule has 0 saturated heterocycles. The van der Waals surface area contributed by atoms with Gasteiger partial charge in [0.25, 0.3) is 0 Å². The van der Waals surface area contributed by atoms with Crippen LogP contribution in [0.2, 0.25) is 0 Å². The summed E-state index contributed by atoms with van der Waals surface area (Å²) in [5.74, 6) is 1.12. The molecule has 0 spiro atoms. The minimum atomic E-state index is -0.164. The van der Waals surface area contributed by atoms with Crippen LogP contribution in [0.4, 0.5) is 0 Å². The first-order chi connectivity index (χ1) is 9.17. The Kier molecular flexibility index (Phi) is 7.60. The maximum atomic E-state index is 11.1. The van der Waals surface area contributed by atoms with E-state index in [-0.39, 0.29) is 12.0 Å². The van der Waals surface area contributed by atoms with Crippen molar-refractivity contribution in [2.45, 2.75) is 26.3 Å². The molecule has 1 aromatic rings. The minimum Gasteiger partial charge on any atom is -0.468 e. The Balaban J connectivity index is 2.55. The first-order valence-electron chi connectivity index (χ1n) is 6.62. The summed E-state index contributed by atoms with van der Waals surface area (Å²) in [4.78, 5) is 11.1. The molecule has 19 heavy (non-hydrogen) atoms. The zero-order valence-electron chi connectivity index (χ0n) is 11.9. The van der Waals surface area contributed by atoms with Crippen LogP contribution in [0.15, 0.2) is 24.3 Å². The predicted octanol–water partition coefficient (Wildman–Crippen LogP) is 2.94. The van der Waals surface area contributed by atoms with Crippen LogP contribution in [-0.2, 0) is 9.53 Å². The average Bonchev–Trinajstić information content (AvgIpc) is 2.43. The summed E-state index contributed by atoms with van der Waals surface area (Å²) >= 11 is 1.61. The van der Waals surface area contributed by atoms with Gasteiger partial charge in [0.15, 0.2) is 0 Å². The first kappa shape index (κ1) is 16.1. The molecule has 106 valence electrons. The molecule has 0 aromatic heterocycles. The topological polar surface area (TPSA) is 38.3 Å². The highest BCUT2D eigenvalue weighted by molar-refractivity contribution is 7.99. The van der Waals surface area contributed by atoms with Crippen molar-refractivity contribution in [1.29, 1.82) is 0 Å². The zero-order valence-corrected chi connectivity index (χ0v) is 12.8. The molecular weight excluding hydrogens is 258 g/mol. The monoisotopic (exact) mass is 281 g/mol. The molecule has 0 fully saturated rings. The van der Waals surface area contributed by atoms with E-state index in [0.717, 1.165) is 18.7 Å². The van der Waals surface area contributed by atoms with Gasteiger partial charge >= 0.3 is 5.97 Å². The highest BCUT2D eigenvalue weighted by Crippen LogP contribution is 2.19. The predicted molar refractivity (Wildman–Crippen MR) is 81.6 cm³/mol. The Morgan fingerprint density at radius 2 is 2.05 bits per heavy atom. The summed E-state index contributed by atoms with van der Waals surface area (Å²) in [5.41, 5.74) is 2.54. The lowest BCUT2D eigenvalue weighted by Crippen LogP contribution is -2.24. The van der Waals surface area contributed by atoms with Crippen LogP contribution in [0.1, 0.15) is 30.5 Å². The second kappa shape index (κ2) is 8.99. The van der Waals surface area contributed by atoms with Crippen LogP contribution < -0.4 is 5.32 Å². The lowest BCUT2D eigenvalue weighted by Gasteiger charge is -2.18. The Labute approximate surface area is 120 Å². The van der Waals surface area contributed by atoms with Gasteiger partial charge in [-0.2, -0.15) is 0 Å². The molecule has 0 aliphatic heterocycles. The number of nitrogens with one attached hydrogen (secondary N) is 1. The number of hydrogen-bond acceptors (Lipinski definition) is 4. The van der Waals surface area contributed by atoms with E-state index in [4.69, 9.17) is 0 Å². The van der Waals surface area contributed by atoms with Crippen molar-refractivity contribution in [3.05, 3.63) is 35.4 Å². The van der Waals surface area contributed by atoms with E-state index in [9.17, 15) is 4.79 Å². The molecule has 1 N–H and O–H groups in total. The van der Waals surface area contributed by atoms with Crippen molar-refractivity contribution in [2.75, 3.05) is 25.2 Å². The molecule has 0 saturated carbocycles. The molecular formula is C15H23NO2S. The second-order valence-electron chi connectivity index (χ2n) is 4.51. The standard InChI is InChI=1S/C15H23NO2S/c1-4-9-16-14(10-19-11-15(17)18-3)13-7-5-12(2)6-8-13/h5-8,14,16H,4,9-11H2,1-3H3. The summed E-state index contributed by atoms with van der Waals surface area (Å²) in [6.45, 7) is 5.22. The van der Waals surface area contributed by atoms with Crippen molar-refractivity contribution in [3.8, 4) is 0 Å². The number of rotatable bonds is 8. The van der Waals surface area contributed by atoms with Crippen LogP contribution in [0.25, 0.3) is 0 Å². The molecule has 1 atom stereocenters. The third kappa shape index (κ3) is 6.12. The number of hydrogen-bond donors (Lipinski definition) is 1. The lowest BCUT2D eigenvalue weighted by atomic mass is 10.1. The molecule has 1 rings (SSSR count). The van der Waals surface area contributed by atoms with Crippen molar-refractivity contribution in [1.82, 2.24) is 5.32 Å². The number of carbonyl (C=O) groups excluding carboxylic acids is 1. The largest absolute Gasteiger partial charge is 0.468 e. The van der Waals surface area contributed by atoms with Crippen LogP contribution in [0.5, 0.6) is 0 Å². The molecule has 0 bridgehead atoms. The SMILES string of the molecule is CCCNC(CSCC(=O)OC)c1ccc(C)cc1. The number of carbonyl (C=O) groups is 1. The summed E-state index contributed by atoms with van der Waals surface area (Å²) in [6.07, 6.45) is 1.10. The Morgan fingerprint density at radius 3 is 2.63 bits per heavy atom. The van der Waals surface area contributed by atoms with Gasteiger partial charge in [-0.25, -0.2) is 0 Å². The molecule has 0 amide bonds. The highest BCUT2D eigenvalue weighted by atomic mass is 32.2. The Bertz CT molecular complexity index is 378. The average molecular weight is 281 g/mol. The van der Waals surface area contributed by atoms with Crippen molar-refractivity contribution < 1.29 is 9.53 Å². The smallest absolute Gasteiger partial charge is 0.315 e. The van der Waals surface area contributed by atoms with Gasteiger partial charge in [0.2, 0.25) is 0 Å². The molecule has 1 unspecified atom stereocenters. The van der Waals surface area contributed by atoms with Gasteiger partial charge in [0.1, 0.15) is 0 Å². The van der Waals surface area contributed by atoms with Crippen molar-refractivity contribution in [2.24, 2.45) is 0 Å². The van der Waals surface area contributed by atoms with E-state index < -0.39 is 0 Å². The summed E-state index contributed by atoms with van der Waals surface area (Å²) < 4.78 is 4.65. The van der Waals surface area contributed by atoms with Gasteiger partial charge in [0.05, 0.1) is 12.9 Å². The van der Waals surface area contributed by atoms with E-state index >= 15 is 0 Å². The summed E-state index contributed by atoms with van der Waals surface area (Å²) in [7, 11) is 1.43. The fraction of sp³-hybridized carbons (Fsp3) is 0.533. The maximum Gasteiger partial charge on any atom is 0.315 e. The zero-order chi connectivity index (χ0) is 14.1. The van der Waals surface area contributed by atoms with Crippen LogP contribution >= 0.6 is 11.8 Å². The summed E-state index contributed by atoms with van der Waals surface area (Å²) in [5, 5.41) is 3.52. The number of aryl methyl sites for hydroxylation is 1. The molecule has 1 aromatic carbocycles. The van der Waals surface area contributed by atoms with E-state index in [1.54, 1.807) is 11.8 Å². The number of esters is 1. The molecule has 0 aliphatic rings. The fourth-order valence-electron chi connectivity index (χ4n) is 1.71. The van der Waals surface area contributed by atoms with Gasteiger partial charge < -0.3 is 10.1 Å². The molecule has 0 heterocycles. The van der Waals surface area contributed by atoms with Crippen LogP contribution in [0.3, 0.4) is 0 Å². The number of benzene rings is 1. The van der Waals surface area contributed by atoms with Crippen LogP contribution in [0, 0.1) is 6.92 Å². The van der Waals surface area contributed by atoms with Gasteiger partial charge in [-0.15, -0.1) is 11.8 Å². The van der Waals surface area contributed by atoms with Crippen LogP contribution in [-0.4, -0.2) is 31.1 Å². The third-order valence-electron chi connectivity index (χ3n) is 2.85. The van der Waals surface area contributed by atoms with E-state index in [1.165, 1.54) is 18.2 Å². The van der Waals surface area contributed by atoms with Gasteiger partial charge in [-0.3, -0.25) is 4.79 Å². The molecule has 3 nitrogen and oxygen atoms in total. The Morgan fingerprint density at radius 1 is 1.37 bits per heavy atom. The quantitative estimate of drug-likeness (QED) is 0.744. The van der Waals surface area contributed by atoms with E-state index in [0.29, 0.717) is 5.75 Å². The highest BCUT2D eigenvalue weighted by Gasteiger charge is 2.11. The first-order valence-corrected chi connectivity index (χ1v) is 7.77. The Hall–Kier alpha value is -1.00. The lowest BCUT2D eigenvalue weighted by molar-refractivity contribution is -0.137. The van der Waals surface area contributed by atoms with Gasteiger partial charge in [-0.05, 0) is 25.5 Å². The van der Waals surface area contributed by atoms with Crippen molar-refractivity contribution >= 4 is 17.7 Å². The third-order valence-corrected chi connectivity index (χ3v) is 3.86. The van der Waals surface area contributed by atoms with E-state index in [2.05, 4.69) is 48.2 Å². The van der Waals surface area contributed by atoms with Crippen molar-refractivity contribution in [3.63, 3.8) is 0 Å².